The SMILES string of the molecule is CCCCCCC1(C)C(N)=NC(=O)N1CC1CC1. The highest BCUT2D eigenvalue weighted by atomic mass is 16.2. The molecule has 1 heterocycles. The van der Waals surface area contributed by atoms with E-state index in [-0.39, 0.29) is 11.6 Å². The summed E-state index contributed by atoms with van der Waals surface area (Å²) in [5.41, 5.74) is 5.67. The number of rotatable bonds is 7. The number of amides is 2. The van der Waals surface area contributed by atoms with Gasteiger partial charge in [0.15, 0.2) is 0 Å². The molecule has 0 bridgehead atoms. The van der Waals surface area contributed by atoms with Crippen molar-refractivity contribution in [3.05, 3.63) is 0 Å². The van der Waals surface area contributed by atoms with E-state index in [0.717, 1.165) is 19.4 Å². The van der Waals surface area contributed by atoms with Crippen LogP contribution in [0.2, 0.25) is 0 Å². The molecule has 2 amide bonds. The maximum Gasteiger partial charge on any atom is 0.346 e. The zero-order valence-electron chi connectivity index (χ0n) is 11.6. The second-order valence-corrected chi connectivity index (χ2v) is 5.92. The van der Waals surface area contributed by atoms with E-state index in [2.05, 4.69) is 18.8 Å². The zero-order valence-corrected chi connectivity index (χ0v) is 11.6. The number of aliphatic imine (C=N–C) groups is 1. The summed E-state index contributed by atoms with van der Waals surface area (Å²) in [6, 6.07) is -0.127. The molecule has 4 nitrogen and oxygen atoms in total. The van der Waals surface area contributed by atoms with E-state index < -0.39 is 0 Å². The molecule has 1 fully saturated rings. The molecule has 1 aliphatic carbocycles. The summed E-state index contributed by atoms with van der Waals surface area (Å²) in [6.45, 7) is 5.12. The molecule has 0 saturated heterocycles. The fraction of sp³-hybridized carbons (Fsp3) is 0.857. The lowest BCUT2D eigenvalue weighted by atomic mass is 9.91. The molecule has 18 heavy (non-hydrogen) atoms. The van der Waals surface area contributed by atoms with E-state index >= 15 is 0 Å². The first-order valence-corrected chi connectivity index (χ1v) is 7.24. The number of hydrogen-bond acceptors (Lipinski definition) is 2. The van der Waals surface area contributed by atoms with E-state index in [1.165, 1.54) is 32.1 Å². The van der Waals surface area contributed by atoms with Crippen LogP contribution in [-0.4, -0.2) is 28.9 Å². The van der Waals surface area contributed by atoms with Gasteiger partial charge in [-0.15, -0.1) is 0 Å². The molecule has 0 radical (unpaired) electrons. The molecule has 2 aliphatic rings. The number of unbranched alkanes of at least 4 members (excludes halogenated alkanes) is 3. The van der Waals surface area contributed by atoms with Gasteiger partial charge in [0.1, 0.15) is 5.84 Å². The monoisotopic (exact) mass is 251 g/mol. The first-order valence-electron chi connectivity index (χ1n) is 7.24. The number of carbonyl (C=O) groups is 1. The molecule has 1 atom stereocenters. The molecular weight excluding hydrogens is 226 g/mol. The number of urea groups is 1. The van der Waals surface area contributed by atoms with Gasteiger partial charge < -0.3 is 10.6 Å². The Kier molecular flexibility index (Phi) is 3.93. The Bertz CT molecular complexity index is 349. The van der Waals surface area contributed by atoms with Gasteiger partial charge >= 0.3 is 6.03 Å². The van der Waals surface area contributed by atoms with Gasteiger partial charge in [0.25, 0.3) is 0 Å². The smallest absolute Gasteiger partial charge is 0.346 e. The molecule has 0 spiro atoms. The van der Waals surface area contributed by atoms with Crippen LogP contribution in [0.25, 0.3) is 0 Å². The van der Waals surface area contributed by atoms with Crippen LogP contribution in [0, 0.1) is 5.92 Å². The molecule has 4 heteroatoms. The lowest BCUT2D eigenvalue weighted by Gasteiger charge is -2.35. The molecule has 2 N–H and O–H groups in total. The predicted octanol–water partition coefficient (Wildman–Crippen LogP) is 2.92. The fourth-order valence-corrected chi connectivity index (χ4v) is 2.63. The summed E-state index contributed by atoms with van der Waals surface area (Å²) in [5, 5.41) is 0. The van der Waals surface area contributed by atoms with Crippen LogP contribution in [0.1, 0.15) is 58.8 Å². The maximum absolute atomic E-state index is 11.9. The van der Waals surface area contributed by atoms with Gasteiger partial charge in [0.05, 0.1) is 5.54 Å². The summed E-state index contributed by atoms with van der Waals surface area (Å²) in [4.78, 5) is 17.8. The maximum atomic E-state index is 11.9. The highest BCUT2D eigenvalue weighted by molar-refractivity contribution is 6.05. The van der Waals surface area contributed by atoms with Crippen molar-refractivity contribution in [2.24, 2.45) is 16.6 Å². The van der Waals surface area contributed by atoms with Crippen LogP contribution >= 0.6 is 0 Å². The molecule has 1 saturated carbocycles. The molecule has 1 unspecified atom stereocenters. The van der Waals surface area contributed by atoms with Gasteiger partial charge in [-0.3, -0.25) is 0 Å². The predicted molar refractivity (Wildman–Crippen MR) is 73.6 cm³/mol. The minimum Gasteiger partial charge on any atom is -0.385 e. The van der Waals surface area contributed by atoms with Crippen molar-refractivity contribution in [3.63, 3.8) is 0 Å². The van der Waals surface area contributed by atoms with E-state index in [1.54, 1.807) is 0 Å². The number of nitrogens with zero attached hydrogens (tertiary/aromatic N) is 2. The average Bonchev–Trinajstić information content (AvgIpc) is 3.11. The summed E-state index contributed by atoms with van der Waals surface area (Å²) in [6.07, 6.45) is 8.25. The van der Waals surface area contributed by atoms with Crippen molar-refractivity contribution in [1.82, 2.24) is 4.90 Å². The van der Waals surface area contributed by atoms with Crippen molar-refractivity contribution >= 4 is 11.9 Å². The van der Waals surface area contributed by atoms with Crippen LogP contribution in [0.15, 0.2) is 4.99 Å². The molecule has 2 rings (SSSR count). The van der Waals surface area contributed by atoms with Crippen molar-refractivity contribution < 1.29 is 4.79 Å². The third kappa shape index (κ3) is 2.68. The van der Waals surface area contributed by atoms with E-state index in [0.29, 0.717) is 11.8 Å². The Balaban J connectivity index is 1.96. The summed E-state index contributed by atoms with van der Waals surface area (Å²) in [5.74, 6) is 1.20. The zero-order chi connectivity index (χ0) is 13.2. The first kappa shape index (κ1) is 13.4. The summed E-state index contributed by atoms with van der Waals surface area (Å²) < 4.78 is 0. The van der Waals surface area contributed by atoms with Crippen LogP contribution < -0.4 is 5.73 Å². The Morgan fingerprint density at radius 1 is 1.39 bits per heavy atom. The number of nitrogens with two attached hydrogens (primary N) is 1. The third-order valence-corrected chi connectivity index (χ3v) is 4.25. The Morgan fingerprint density at radius 3 is 2.72 bits per heavy atom. The van der Waals surface area contributed by atoms with Crippen LogP contribution in [0.5, 0.6) is 0 Å². The van der Waals surface area contributed by atoms with Gasteiger partial charge in [-0.05, 0) is 32.1 Å². The minimum atomic E-state index is -0.326. The molecule has 0 aromatic rings. The van der Waals surface area contributed by atoms with Gasteiger partial charge in [-0.1, -0.05) is 32.6 Å². The van der Waals surface area contributed by atoms with Gasteiger partial charge in [-0.25, -0.2) is 4.79 Å². The van der Waals surface area contributed by atoms with Crippen molar-refractivity contribution in [2.45, 2.75) is 64.3 Å². The summed E-state index contributed by atoms with van der Waals surface area (Å²) in [7, 11) is 0. The lowest BCUT2D eigenvalue weighted by Crippen LogP contribution is -2.52. The standard InChI is InChI=1S/C14H25N3O/c1-3-4-5-6-9-14(2)12(15)16-13(18)17(14)10-11-7-8-11/h11H,3-10H2,1-2H3,(H2,15,16,18). The molecule has 102 valence electrons. The topological polar surface area (TPSA) is 58.7 Å². The third-order valence-electron chi connectivity index (χ3n) is 4.25. The number of hydrogen-bond donors (Lipinski definition) is 1. The first-order chi connectivity index (χ1) is 8.58. The highest BCUT2D eigenvalue weighted by Gasteiger charge is 2.45. The average molecular weight is 251 g/mol. The van der Waals surface area contributed by atoms with Gasteiger partial charge in [0.2, 0.25) is 0 Å². The molecule has 0 aromatic carbocycles. The molecule has 0 aromatic heterocycles. The Hall–Kier alpha value is -1.06. The number of amidine groups is 1. The second-order valence-electron chi connectivity index (χ2n) is 5.92. The Morgan fingerprint density at radius 2 is 2.11 bits per heavy atom. The van der Waals surface area contributed by atoms with Crippen LogP contribution in [0.4, 0.5) is 4.79 Å². The van der Waals surface area contributed by atoms with Crippen molar-refractivity contribution in [2.75, 3.05) is 6.54 Å². The van der Waals surface area contributed by atoms with Crippen molar-refractivity contribution in [3.8, 4) is 0 Å². The second kappa shape index (κ2) is 5.29. The van der Waals surface area contributed by atoms with E-state index in [4.69, 9.17) is 5.73 Å². The summed E-state index contributed by atoms with van der Waals surface area (Å²) >= 11 is 0. The lowest BCUT2D eigenvalue weighted by molar-refractivity contribution is 0.167. The van der Waals surface area contributed by atoms with E-state index in [9.17, 15) is 4.79 Å². The normalized spacial score (nSPS) is 27.8. The molecular formula is C14H25N3O. The van der Waals surface area contributed by atoms with E-state index in [1.807, 2.05) is 4.90 Å². The largest absolute Gasteiger partial charge is 0.385 e. The minimum absolute atomic E-state index is 0.127. The van der Waals surface area contributed by atoms with Gasteiger partial charge in [-0.2, -0.15) is 4.99 Å². The fourth-order valence-electron chi connectivity index (χ4n) is 2.63. The van der Waals surface area contributed by atoms with Crippen molar-refractivity contribution in [1.29, 1.82) is 0 Å². The quantitative estimate of drug-likeness (QED) is 0.707. The van der Waals surface area contributed by atoms with Crippen LogP contribution in [-0.2, 0) is 0 Å². The Labute approximate surface area is 110 Å². The van der Waals surface area contributed by atoms with Crippen LogP contribution in [0.3, 0.4) is 0 Å². The number of carbonyl (C=O) groups excluding carboxylic acids is 1. The van der Waals surface area contributed by atoms with Gasteiger partial charge in [0, 0.05) is 6.54 Å². The molecule has 1 aliphatic heterocycles. The highest BCUT2D eigenvalue weighted by Crippen LogP contribution is 2.36.